The van der Waals surface area contributed by atoms with Crippen LogP contribution in [0.15, 0.2) is 36.7 Å². The molecule has 23 heavy (non-hydrogen) atoms. The summed E-state index contributed by atoms with van der Waals surface area (Å²) in [6, 6.07) is 7.10. The summed E-state index contributed by atoms with van der Waals surface area (Å²) in [5, 5.41) is 3.23. The smallest absolute Gasteiger partial charge is 0.232 e. The second kappa shape index (κ2) is 6.34. The minimum absolute atomic E-state index is 0.0981. The number of amides is 2. The number of aryl methyl sites for hydroxylation is 1. The predicted octanol–water partition coefficient (Wildman–Crippen LogP) is 2.43. The molecule has 1 aliphatic rings. The van der Waals surface area contributed by atoms with E-state index in [1.165, 1.54) is 0 Å². The Kier molecular flexibility index (Phi) is 4.25. The molecule has 0 radical (unpaired) electrons. The van der Waals surface area contributed by atoms with E-state index in [2.05, 4.69) is 15.3 Å². The van der Waals surface area contributed by atoms with E-state index in [1.807, 2.05) is 19.1 Å². The molecule has 0 aliphatic carbocycles. The first-order chi connectivity index (χ1) is 11.0. The molecular formula is C16H15ClN4O2. The highest BCUT2D eigenvalue weighted by Crippen LogP contribution is 2.29. The van der Waals surface area contributed by atoms with E-state index in [1.54, 1.807) is 29.4 Å². The topological polar surface area (TPSA) is 75.2 Å². The quantitative estimate of drug-likeness (QED) is 0.937. The van der Waals surface area contributed by atoms with Crippen LogP contribution in [0.3, 0.4) is 0 Å². The van der Waals surface area contributed by atoms with Crippen LogP contribution in [-0.4, -0.2) is 28.3 Å². The first-order valence-electron chi connectivity index (χ1n) is 7.19. The Labute approximate surface area is 138 Å². The standard InChI is InChI=1S/C16H15ClN4O2/c1-10-3-4-12(8-13(10)17)21-9-11(7-14(21)22)15(23)20-16-18-5-2-6-19-16/h2-6,8,11H,7,9H2,1H3,(H,18,19,20,23). The molecule has 2 aromatic rings. The molecule has 3 rings (SSSR count). The number of rotatable bonds is 3. The Morgan fingerprint density at radius 3 is 2.78 bits per heavy atom. The van der Waals surface area contributed by atoms with Gasteiger partial charge in [0.2, 0.25) is 17.8 Å². The predicted molar refractivity (Wildman–Crippen MR) is 87.3 cm³/mol. The SMILES string of the molecule is Cc1ccc(N2CC(C(=O)Nc3ncccn3)CC2=O)cc1Cl. The van der Waals surface area contributed by atoms with E-state index >= 15 is 0 Å². The van der Waals surface area contributed by atoms with E-state index in [4.69, 9.17) is 11.6 Å². The molecule has 6 nitrogen and oxygen atoms in total. The molecule has 1 unspecified atom stereocenters. The highest BCUT2D eigenvalue weighted by molar-refractivity contribution is 6.31. The van der Waals surface area contributed by atoms with Gasteiger partial charge in [-0.05, 0) is 30.7 Å². The lowest BCUT2D eigenvalue weighted by Crippen LogP contribution is -2.28. The van der Waals surface area contributed by atoms with Crippen molar-refractivity contribution in [3.05, 3.63) is 47.2 Å². The third-order valence-electron chi connectivity index (χ3n) is 3.76. The number of nitrogens with one attached hydrogen (secondary N) is 1. The Bertz CT molecular complexity index is 751. The fourth-order valence-electron chi connectivity index (χ4n) is 2.46. The van der Waals surface area contributed by atoms with E-state index < -0.39 is 5.92 Å². The molecule has 1 atom stereocenters. The first kappa shape index (κ1) is 15.4. The van der Waals surface area contributed by atoms with Crippen molar-refractivity contribution < 1.29 is 9.59 Å². The number of anilines is 2. The van der Waals surface area contributed by atoms with Crippen molar-refractivity contribution in [2.75, 3.05) is 16.8 Å². The first-order valence-corrected chi connectivity index (χ1v) is 7.57. The molecule has 1 saturated heterocycles. The van der Waals surface area contributed by atoms with Gasteiger partial charge >= 0.3 is 0 Å². The second-order valence-corrected chi connectivity index (χ2v) is 5.81. The Balaban J connectivity index is 1.71. The molecular weight excluding hydrogens is 316 g/mol. The zero-order valence-electron chi connectivity index (χ0n) is 12.5. The average molecular weight is 331 g/mol. The molecule has 118 valence electrons. The molecule has 1 aromatic carbocycles. The van der Waals surface area contributed by atoms with Gasteiger partial charge in [-0.3, -0.25) is 14.9 Å². The van der Waals surface area contributed by atoms with Crippen molar-refractivity contribution in [1.29, 1.82) is 0 Å². The molecule has 2 amide bonds. The number of aromatic nitrogens is 2. The minimum Gasteiger partial charge on any atom is -0.312 e. The van der Waals surface area contributed by atoms with E-state index in [9.17, 15) is 9.59 Å². The number of carbonyl (C=O) groups excluding carboxylic acids is 2. The van der Waals surface area contributed by atoms with Gasteiger partial charge < -0.3 is 4.90 Å². The highest BCUT2D eigenvalue weighted by Gasteiger charge is 2.35. The zero-order valence-corrected chi connectivity index (χ0v) is 13.2. The third-order valence-corrected chi connectivity index (χ3v) is 4.17. The highest BCUT2D eigenvalue weighted by atomic mass is 35.5. The fraction of sp³-hybridized carbons (Fsp3) is 0.250. The average Bonchev–Trinajstić information content (AvgIpc) is 2.93. The summed E-state index contributed by atoms with van der Waals surface area (Å²) in [5.74, 6) is -0.558. The molecule has 1 fully saturated rings. The molecule has 0 spiro atoms. The van der Waals surface area contributed by atoms with Crippen LogP contribution in [0.4, 0.5) is 11.6 Å². The van der Waals surface area contributed by atoms with Crippen molar-refractivity contribution in [1.82, 2.24) is 9.97 Å². The molecule has 1 N–H and O–H groups in total. The summed E-state index contributed by atoms with van der Waals surface area (Å²) < 4.78 is 0. The fourth-order valence-corrected chi connectivity index (χ4v) is 2.63. The molecule has 1 aromatic heterocycles. The van der Waals surface area contributed by atoms with Crippen LogP contribution >= 0.6 is 11.6 Å². The number of nitrogens with zero attached hydrogens (tertiary/aromatic N) is 3. The van der Waals surface area contributed by atoms with Crippen LogP contribution in [0.25, 0.3) is 0 Å². The van der Waals surface area contributed by atoms with Crippen molar-refractivity contribution in [3.8, 4) is 0 Å². The van der Waals surface area contributed by atoms with Crippen molar-refractivity contribution in [3.63, 3.8) is 0 Å². The van der Waals surface area contributed by atoms with Gasteiger partial charge in [-0.15, -0.1) is 0 Å². The zero-order chi connectivity index (χ0) is 16.4. The summed E-state index contributed by atoms with van der Waals surface area (Å²) in [6.07, 6.45) is 3.25. The van der Waals surface area contributed by atoms with E-state index in [-0.39, 0.29) is 24.2 Å². The maximum atomic E-state index is 12.3. The van der Waals surface area contributed by atoms with Crippen LogP contribution in [-0.2, 0) is 9.59 Å². The maximum Gasteiger partial charge on any atom is 0.232 e. The molecule has 0 saturated carbocycles. The van der Waals surface area contributed by atoms with Crippen molar-refractivity contribution in [2.45, 2.75) is 13.3 Å². The third kappa shape index (κ3) is 3.32. The number of carbonyl (C=O) groups is 2. The Hall–Kier alpha value is -2.47. The monoisotopic (exact) mass is 330 g/mol. The normalized spacial score (nSPS) is 17.4. The molecule has 1 aliphatic heterocycles. The van der Waals surface area contributed by atoms with Gasteiger partial charge in [0.25, 0.3) is 0 Å². The number of benzene rings is 1. The molecule has 0 bridgehead atoms. The number of hydrogen-bond donors (Lipinski definition) is 1. The largest absolute Gasteiger partial charge is 0.312 e. The Morgan fingerprint density at radius 1 is 1.35 bits per heavy atom. The van der Waals surface area contributed by atoms with E-state index in [0.29, 0.717) is 17.3 Å². The summed E-state index contributed by atoms with van der Waals surface area (Å²) in [5.41, 5.74) is 1.65. The van der Waals surface area contributed by atoms with Gasteiger partial charge in [0.15, 0.2) is 0 Å². The Morgan fingerprint density at radius 2 is 2.09 bits per heavy atom. The van der Waals surface area contributed by atoms with Crippen LogP contribution in [0.2, 0.25) is 5.02 Å². The van der Waals surface area contributed by atoms with Crippen LogP contribution in [0.5, 0.6) is 0 Å². The lowest BCUT2D eigenvalue weighted by Gasteiger charge is -2.17. The maximum absolute atomic E-state index is 12.3. The lowest BCUT2D eigenvalue weighted by atomic mass is 10.1. The van der Waals surface area contributed by atoms with Gasteiger partial charge in [0.1, 0.15) is 0 Å². The van der Waals surface area contributed by atoms with Crippen molar-refractivity contribution in [2.24, 2.45) is 5.92 Å². The van der Waals surface area contributed by atoms with Gasteiger partial charge in [-0.1, -0.05) is 17.7 Å². The van der Waals surface area contributed by atoms with Crippen LogP contribution in [0.1, 0.15) is 12.0 Å². The van der Waals surface area contributed by atoms with Gasteiger partial charge in [0, 0.05) is 36.1 Å². The second-order valence-electron chi connectivity index (χ2n) is 5.40. The summed E-state index contributed by atoms with van der Waals surface area (Å²) in [6.45, 7) is 2.21. The van der Waals surface area contributed by atoms with Gasteiger partial charge in [0.05, 0.1) is 5.92 Å². The minimum atomic E-state index is -0.439. The van der Waals surface area contributed by atoms with E-state index in [0.717, 1.165) is 5.56 Å². The molecule has 7 heteroatoms. The summed E-state index contributed by atoms with van der Waals surface area (Å²) in [7, 11) is 0. The number of halogens is 1. The van der Waals surface area contributed by atoms with Crippen LogP contribution in [0, 0.1) is 12.8 Å². The van der Waals surface area contributed by atoms with Crippen molar-refractivity contribution >= 4 is 35.1 Å². The summed E-state index contributed by atoms with van der Waals surface area (Å²) in [4.78, 5) is 34.0. The van der Waals surface area contributed by atoms with Gasteiger partial charge in [-0.2, -0.15) is 0 Å². The number of hydrogen-bond acceptors (Lipinski definition) is 4. The summed E-state index contributed by atoms with van der Waals surface area (Å²) >= 11 is 6.11. The van der Waals surface area contributed by atoms with Gasteiger partial charge in [-0.25, -0.2) is 9.97 Å². The molecule has 2 heterocycles. The van der Waals surface area contributed by atoms with Crippen LogP contribution < -0.4 is 10.2 Å². The lowest BCUT2D eigenvalue weighted by molar-refractivity contribution is -0.122.